The van der Waals surface area contributed by atoms with Crippen LogP contribution < -0.4 is 10.6 Å². The molecule has 0 bridgehead atoms. The first-order chi connectivity index (χ1) is 19.6. The number of amides is 1. The van der Waals surface area contributed by atoms with Gasteiger partial charge in [0.15, 0.2) is 0 Å². The first kappa shape index (κ1) is 30.0. The Morgan fingerprint density at radius 1 is 0.976 bits per heavy atom. The Hall–Kier alpha value is -4.02. The van der Waals surface area contributed by atoms with Crippen molar-refractivity contribution < 1.29 is 23.1 Å². The fourth-order valence-electron chi connectivity index (χ4n) is 4.99. The van der Waals surface area contributed by atoms with E-state index in [0.717, 1.165) is 36.1 Å². The molecule has 9 nitrogen and oxygen atoms in total. The first-order valence-corrected chi connectivity index (χ1v) is 15.2. The van der Waals surface area contributed by atoms with Crippen molar-refractivity contribution in [1.82, 2.24) is 14.9 Å². The lowest BCUT2D eigenvalue weighted by Gasteiger charge is -2.25. The molecule has 216 valence electrons. The van der Waals surface area contributed by atoms with Crippen molar-refractivity contribution in [3.63, 3.8) is 0 Å². The molecule has 1 aliphatic rings. The van der Waals surface area contributed by atoms with Gasteiger partial charge in [0, 0.05) is 19.5 Å². The lowest BCUT2D eigenvalue weighted by molar-refractivity contribution is -0.142. The number of aryl methyl sites for hydroxylation is 1. The molecule has 4 N–H and O–H groups in total. The van der Waals surface area contributed by atoms with Crippen LogP contribution in [-0.4, -0.2) is 60.7 Å². The maximum Gasteiger partial charge on any atom is 0.326 e. The predicted molar refractivity (Wildman–Crippen MR) is 158 cm³/mol. The van der Waals surface area contributed by atoms with Crippen molar-refractivity contribution in [3.05, 3.63) is 90.0 Å². The molecule has 1 aliphatic heterocycles. The van der Waals surface area contributed by atoms with Gasteiger partial charge in [0.2, 0.25) is 15.9 Å². The van der Waals surface area contributed by atoms with E-state index < -0.39 is 34.0 Å². The van der Waals surface area contributed by atoms with Crippen LogP contribution in [0, 0.1) is 5.41 Å². The van der Waals surface area contributed by atoms with Crippen LogP contribution >= 0.6 is 0 Å². The van der Waals surface area contributed by atoms with Gasteiger partial charge in [-0.25, -0.2) is 13.2 Å². The fraction of sp³-hybridized carbons (Fsp3) is 0.323. The molecule has 1 heterocycles. The number of carboxylic acid groups (broad SMARTS) is 1. The highest BCUT2D eigenvalue weighted by atomic mass is 32.2. The monoisotopic (exact) mass is 576 g/mol. The summed E-state index contributed by atoms with van der Waals surface area (Å²) >= 11 is 0. The molecule has 3 aromatic carbocycles. The second-order valence-electron chi connectivity index (χ2n) is 10.2. The number of carbonyl (C=O) groups is 2. The number of hydrogen-bond donors (Lipinski definition) is 4. The molecule has 1 amide bonds. The second-order valence-corrected chi connectivity index (χ2v) is 12.1. The summed E-state index contributed by atoms with van der Waals surface area (Å²) in [5.74, 6) is -1.31. The molecule has 1 saturated heterocycles. The van der Waals surface area contributed by atoms with Crippen LogP contribution in [0.3, 0.4) is 0 Å². The van der Waals surface area contributed by atoms with Gasteiger partial charge in [0.1, 0.15) is 12.1 Å². The van der Waals surface area contributed by atoms with Gasteiger partial charge in [-0.3, -0.25) is 10.2 Å². The van der Waals surface area contributed by atoms with E-state index in [1.807, 2.05) is 24.3 Å². The standard InChI is InChI=1S/C31H36N4O5S/c1-22(32)33-19-5-7-23-11-15-25(16-12-23)26-17-13-24(14-18-26)21-28(31(37)38)34-30(36)29-10-6-20-35(29)41(39,40)27-8-3-2-4-9-27/h2-4,8-9,11-18,28-29H,5-7,10,19-21H2,1H3,(H2,32,33)(H,34,36)(H,37,38)/t28-,29-/m0/s1. The summed E-state index contributed by atoms with van der Waals surface area (Å²) in [7, 11) is -3.88. The number of aliphatic carboxylic acids is 1. The molecule has 0 saturated carbocycles. The molecule has 1 fully saturated rings. The van der Waals surface area contributed by atoms with E-state index in [4.69, 9.17) is 5.41 Å². The zero-order valence-corrected chi connectivity index (χ0v) is 23.9. The van der Waals surface area contributed by atoms with Crippen LogP contribution in [-0.2, 0) is 32.5 Å². The SMILES string of the molecule is CC(=N)NCCCc1ccc(-c2ccc(C[C@H](NC(=O)[C@@H]3CCCN3S(=O)(=O)c3ccccc3)C(=O)O)cc2)cc1. The average molecular weight is 577 g/mol. The van der Waals surface area contributed by atoms with Crippen LogP contribution in [0.5, 0.6) is 0 Å². The molecule has 41 heavy (non-hydrogen) atoms. The van der Waals surface area contributed by atoms with Crippen molar-refractivity contribution >= 4 is 27.7 Å². The van der Waals surface area contributed by atoms with Crippen LogP contribution in [0.15, 0.2) is 83.8 Å². The smallest absolute Gasteiger partial charge is 0.326 e. The van der Waals surface area contributed by atoms with E-state index in [1.54, 1.807) is 25.1 Å². The zero-order chi connectivity index (χ0) is 29.4. The summed E-state index contributed by atoms with van der Waals surface area (Å²) in [6.07, 6.45) is 2.78. The van der Waals surface area contributed by atoms with E-state index in [2.05, 4.69) is 34.9 Å². The minimum Gasteiger partial charge on any atom is -0.480 e. The van der Waals surface area contributed by atoms with Gasteiger partial charge in [0.25, 0.3) is 0 Å². The van der Waals surface area contributed by atoms with Crippen molar-refractivity contribution in [2.75, 3.05) is 13.1 Å². The van der Waals surface area contributed by atoms with Gasteiger partial charge in [-0.15, -0.1) is 0 Å². The van der Waals surface area contributed by atoms with Crippen LogP contribution in [0.1, 0.15) is 37.3 Å². The molecule has 0 radical (unpaired) electrons. The van der Waals surface area contributed by atoms with Crippen molar-refractivity contribution in [3.8, 4) is 11.1 Å². The Kier molecular flexibility index (Phi) is 9.91. The van der Waals surface area contributed by atoms with Crippen LogP contribution in [0.4, 0.5) is 0 Å². The van der Waals surface area contributed by atoms with E-state index in [9.17, 15) is 23.1 Å². The molecule has 0 unspecified atom stereocenters. The average Bonchev–Trinajstić information content (AvgIpc) is 3.47. The van der Waals surface area contributed by atoms with Gasteiger partial charge in [-0.05, 0) is 67.0 Å². The van der Waals surface area contributed by atoms with Crippen molar-refractivity contribution in [2.45, 2.75) is 56.0 Å². The Morgan fingerprint density at radius 2 is 1.59 bits per heavy atom. The summed E-state index contributed by atoms with van der Waals surface area (Å²) in [6, 6.07) is 21.6. The first-order valence-electron chi connectivity index (χ1n) is 13.7. The number of carbonyl (C=O) groups excluding carboxylic acids is 1. The molecule has 0 spiro atoms. The lowest BCUT2D eigenvalue weighted by Crippen LogP contribution is -2.51. The van der Waals surface area contributed by atoms with Gasteiger partial charge >= 0.3 is 5.97 Å². The highest BCUT2D eigenvalue weighted by Crippen LogP contribution is 2.26. The summed E-state index contributed by atoms with van der Waals surface area (Å²) < 4.78 is 27.4. The number of nitrogens with one attached hydrogen (secondary N) is 3. The normalized spacial score (nSPS) is 16.2. The third kappa shape index (κ3) is 7.80. The number of sulfonamides is 1. The van der Waals surface area contributed by atoms with Crippen molar-refractivity contribution in [2.24, 2.45) is 0 Å². The number of carboxylic acids is 1. The predicted octanol–water partition coefficient (Wildman–Crippen LogP) is 3.84. The van der Waals surface area contributed by atoms with E-state index in [-0.39, 0.29) is 17.9 Å². The Morgan fingerprint density at radius 3 is 2.17 bits per heavy atom. The maximum absolute atomic E-state index is 13.1. The molecule has 2 atom stereocenters. The number of hydrogen-bond acceptors (Lipinski definition) is 5. The minimum absolute atomic E-state index is 0.0711. The number of benzene rings is 3. The Balaban J connectivity index is 1.37. The Bertz CT molecular complexity index is 1460. The lowest BCUT2D eigenvalue weighted by atomic mass is 9.99. The molecular formula is C31H36N4O5S. The van der Waals surface area contributed by atoms with Crippen molar-refractivity contribution in [1.29, 1.82) is 5.41 Å². The summed E-state index contributed by atoms with van der Waals surface area (Å²) in [5, 5.41) is 22.8. The maximum atomic E-state index is 13.1. The highest BCUT2D eigenvalue weighted by molar-refractivity contribution is 7.89. The largest absolute Gasteiger partial charge is 0.480 e. The van der Waals surface area contributed by atoms with Gasteiger partial charge in [-0.2, -0.15) is 4.31 Å². The zero-order valence-electron chi connectivity index (χ0n) is 23.0. The van der Waals surface area contributed by atoms with Crippen LogP contribution in [0.25, 0.3) is 11.1 Å². The van der Waals surface area contributed by atoms with Gasteiger partial charge in [0.05, 0.1) is 10.7 Å². The Labute approximate surface area is 241 Å². The number of amidine groups is 1. The van der Waals surface area contributed by atoms with E-state index in [0.29, 0.717) is 18.7 Å². The number of rotatable bonds is 12. The molecule has 0 aromatic heterocycles. The quantitative estimate of drug-likeness (QED) is 0.147. The summed E-state index contributed by atoms with van der Waals surface area (Å²) in [5.41, 5.74) is 3.99. The molecular weight excluding hydrogens is 540 g/mol. The minimum atomic E-state index is -3.88. The molecule has 0 aliphatic carbocycles. The number of nitrogens with zero attached hydrogens (tertiary/aromatic N) is 1. The summed E-state index contributed by atoms with van der Waals surface area (Å²) in [6.45, 7) is 2.70. The second kappa shape index (κ2) is 13.6. The fourth-order valence-corrected chi connectivity index (χ4v) is 6.66. The third-order valence-corrected chi connectivity index (χ3v) is 9.11. The van der Waals surface area contributed by atoms with E-state index in [1.165, 1.54) is 22.0 Å². The van der Waals surface area contributed by atoms with E-state index >= 15 is 0 Å². The van der Waals surface area contributed by atoms with Crippen LogP contribution in [0.2, 0.25) is 0 Å². The molecule has 4 rings (SSSR count). The molecule has 10 heteroatoms. The van der Waals surface area contributed by atoms with Gasteiger partial charge < -0.3 is 15.7 Å². The molecule has 3 aromatic rings. The highest BCUT2D eigenvalue weighted by Gasteiger charge is 2.40. The van der Waals surface area contributed by atoms with Gasteiger partial charge in [-0.1, -0.05) is 66.7 Å². The topological polar surface area (TPSA) is 140 Å². The third-order valence-electron chi connectivity index (χ3n) is 7.18. The summed E-state index contributed by atoms with van der Waals surface area (Å²) in [4.78, 5) is 25.3.